The second-order valence-electron chi connectivity index (χ2n) is 5.60. The lowest BCUT2D eigenvalue weighted by Gasteiger charge is -2.23. The van der Waals surface area contributed by atoms with Gasteiger partial charge in [-0.1, -0.05) is 32.9 Å². The monoisotopic (exact) mass is 287 g/mol. The zero-order chi connectivity index (χ0) is 15.5. The summed E-state index contributed by atoms with van der Waals surface area (Å²) in [6, 6.07) is 10.9. The summed E-state index contributed by atoms with van der Waals surface area (Å²) < 4.78 is 10.7. The number of furan rings is 1. The summed E-state index contributed by atoms with van der Waals surface area (Å²) >= 11 is 0. The predicted molar refractivity (Wildman–Crippen MR) is 77.1 cm³/mol. The van der Waals surface area contributed by atoms with E-state index in [4.69, 9.17) is 9.15 Å². The van der Waals surface area contributed by atoms with Gasteiger partial charge in [-0.15, -0.1) is 0 Å². The maximum atomic E-state index is 10.6. The SMILES string of the molecule is CCC(C)(C)c1ccc(OCc2ccc(C(=O)[O-])o2)cc1. The van der Waals surface area contributed by atoms with E-state index in [1.165, 1.54) is 11.6 Å². The molecule has 0 atom stereocenters. The van der Waals surface area contributed by atoms with E-state index in [-0.39, 0.29) is 17.8 Å². The van der Waals surface area contributed by atoms with Crippen LogP contribution in [0.5, 0.6) is 5.75 Å². The van der Waals surface area contributed by atoms with Gasteiger partial charge < -0.3 is 19.1 Å². The molecule has 112 valence electrons. The highest BCUT2D eigenvalue weighted by Crippen LogP contribution is 2.28. The summed E-state index contributed by atoms with van der Waals surface area (Å²) in [6.07, 6.45) is 1.06. The zero-order valence-electron chi connectivity index (χ0n) is 12.5. The average molecular weight is 287 g/mol. The molecule has 4 nitrogen and oxygen atoms in total. The normalized spacial score (nSPS) is 11.4. The van der Waals surface area contributed by atoms with E-state index in [0.717, 1.165) is 12.2 Å². The zero-order valence-corrected chi connectivity index (χ0v) is 12.5. The van der Waals surface area contributed by atoms with Gasteiger partial charge in [-0.3, -0.25) is 0 Å². The summed E-state index contributed by atoms with van der Waals surface area (Å²) in [5, 5.41) is 10.6. The fourth-order valence-corrected chi connectivity index (χ4v) is 1.93. The number of carboxylic acid groups (broad SMARTS) is 1. The fourth-order valence-electron chi connectivity index (χ4n) is 1.93. The lowest BCUT2D eigenvalue weighted by Crippen LogP contribution is -2.21. The van der Waals surface area contributed by atoms with Gasteiger partial charge in [0.15, 0.2) is 0 Å². The Balaban J connectivity index is 1.99. The number of ether oxygens (including phenoxy) is 1. The molecule has 1 heterocycles. The molecule has 0 saturated heterocycles. The first kappa shape index (κ1) is 15.2. The minimum absolute atomic E-state index is 0.142. The first-order valence-corrected chi connectivity index (χ1v) is 6.96. The second kappa shape index (κ2) is 6.04. The van der Waals surface area contributed by atoms with Crippen molar-refractivity contribution >= 4 is 5.97 Å². The van der Waals surface area contributed by atoms with E-state index in [9.17, 15) is 9.90 Å². The van der Waals surface area contributed by atoms with E-state index < -0.39 is 5.97 Å². The lowest BCUT2D eigenvalue weighted by atomic mass is 9.82. The molecule has 0 aliphatic carbocycles. The highest BCUT2D eigenvalue weighted by molar-refractivity contribution is 5.82. The molecule has 0 unspecified atom stereocenters. The van der Waals surface area contributed by atoms with Gasteiger partial charge in [0.2, 0.25) is 0 Å². The van der Waals surface area contributed by atoms with Crippen molar-refractivity contribution in [2.45, 2.75) is 39.2 Å². The van der Waals surface area contributed by atoms with Crippen molar-refractivity contribution in [3.8, 4) is 5.75 Å². The van der Waals surface area contributed by atoms with Crippen LogP contribution >= 0.6 is 0 Å². The molecule has 1 aromatic heterocycles. The van der Waals surface area contributed by atoms with Crippen molar-refractivity contribution < 1.29 is 19.1 Å². The Kier molecular flexibility index (Phi) is 4.36. The first-order chi connectivity index (χ1) is 9.92. The Hall–Kier alpha value is -2.23. The minimum Gasteiger partial charge on any atom is -0.542 e. The van der Waals surface area contributed by atoms with Crippen molar-refractivity contribution in [1.82, 2.24) is 0 Å². The van der Waals surface area contributed by atoms with Gasteiger partial charge in [-0.2, -0.15) is 0 Å². The van der Waals surface area contributed by atoms with Gasteiger partial charge in [0.1, 0.15) is 29.8 Å². The van der Waals surface area contributed by atoms with Crippen LogP contribution in [0.1, 0.15) is 49.1 Å². The molecule has 0 saturated carbocycles. The minimum atomic E-state index is -1.33. The van der Waals surface area contributed by atoms with Gasteiger partial charge >= 0.3 is 0 Å². The number of benzene rings is 1. The maximum Gasteiger partial charge on any atom is 0.149 e. The molecule has 0 bridgehead atoms. The summed E-state index contributed by atoms with van der Waals surface area (Å²) in [4.78, 5) is 10.6. The van der Waals surface area contributed by atoms with Crippen molar-refractivity contribution in [3.05, 3.63) is 53.5 Å². The number of aromatic carboxylic acids is 1. The summed E-state index contributed by atoms with van der Waals surface area (Å²) in [7, 11) is 0. The molecule has 4 heteroatoms. The molecular formula is C17H19O4-. The van der Waals surface area contributed by atoms with Gasteiger partial charge in [0.05, 0.1) is 0 Å². The van der Waals surface area contributed by atoms with Gasteiger partial charge in [-0.25, -0.2) is 0 Å². The van der Waals surface area contributed by atoms with Crippen LogP contribution in [0.25, 0.3) is 0 Å². The van der Waals surface area contributed by atoms with Crippen LogP contribution in [-0.4, -0.2) is 5.97 Å². The number of carbonyl (C=O) groups is 1. The Bertz CT molecular complexity index is 608. The van der Waals surface area contributed by atoms with Gasteiger partial charge in [0.25, 0.3) is 0 Å². The number of carboxylic acids is 1. The number of hydrogen-bond donors (Lipinski definition) is 0. The summed E-state index contributed by atoms with van der Waals surface area (Å²) in [6.45, 7) is 6.75. The van der Waals surface area contributed by atoms with Crippen molar-refractivity contribution in [1.29, 1.82) is 0 Å². The largest absolute Gasteiger partial charge is 0.542 e. The van der Waals surface area contributed by atoms with Gasteiger partial charge in [-0.05, 0) is 41.7 Å². The standard InChI is InChI=1S/C17H20O4/c1-4-17(2,3)12-5-7-13(8-6-12)20-11-14-9-10-15(21-14)16(18)19/h5-10H,4,11H2,1-3H3,(H,18,19)/p-1. The van der Waals surface area contributed by atoms with Crippen molar-refractivity contribution in [2.24, 2.45) is 0 Å². The van der Waals surface area contributed by atoms with Crippen LogP contribution in [0.3, 0.4) is 0 Å². The Morgan fingerprint density at radius 3 is 2.38 bits per heavy atom. The van der Waals surface area contributed by atoms with E-state index >= 15 is 0 Å². The Labute approximate surface area is 124 Å². The van der Waals surface area contributed by atoms with Crippen LogP contribution in [0.15, 0.2) is 40.8 Å². The molecule has 0 fully saturated rings. The van der Waals surface area contributed by atoms with E-state index in [1.54, 1.807) is 6.07 Å². The third kappa shape index (κ3) is 3.66. The Morgan fingerprint density at radius 2 is 1.86 bits per heavy atom. The predicted octanol–water partition coefficient (Wildman–Crippen LogP) is 2.91. The molecule has 21 heavy (non-hydrogen) atoms. The summed E-state index contributed by atoms with van der Waals surface area (Å²) in [5.41, 5.74) is 1.40. The molecule has 1 aromatic carbocycles. The number of hydrogen-bond acceptors (Lipinski definition) is 4. The van der Waals surface area contributed by atoms with E-state index in [2.05, 4.69) is 20.8 Å². The fraction of sp³-hybridized carbons (Fsp3) is 0.353. The molecule has 0 aliphatic heterocycles. The second-order valence-corrected chi connectivity index (χ2v) is 5.60. The van der Waals surface area contributed by atoms with Crippen LogP contribution in [0.4, 0.5) is 0 Å². The highest BCUT2D eigenvalue weighted by Gasteiger charge is 2.17. The summed E-state index contributed by atoms with van der Waals surface area (Å²) in [5.74, 6) is -0.342. The molecule has 2 aromatic rings. The van der Waals surface area contributed by atoms with Crippen LogP contribution in [0, 0.1) is 0 Å². The molecule has 2 rings (SSSR count). The maximum absolute atomic E-state index is 10.6. The number of carbonyl (C=O) groups excluding carboxylic acids is 1. The van der Waals surface area contributed by atoms with Crippen molar-refractivity contribution in [2.75, 3.05) is 0 Å². The molecule has 0 N–H and O–H groups in total. The quantitative estimate of drug-likeness (QED) is 0.819. The van der Waals surface area contributed by atoms with Crippen LogP contribution < -0.4 is 9.84 Å². The third-order valence-electron chi connectivity index (χ3n) is 3.76. The first-order valence-electron chi connectivity index (χ1n) is 6.96. The third-order valence-corrected chi connectivity index (χ3v) is 3.76. The highest BCUT2D eigenvalue weighted by atomic mass is 16.5. The molecule has 0 radical (unpaired) electrons. The smallest absolute Gasteiger partial charge is 0.149 e. The topological polar surface area (TPSA) is 62.5 Å². The van der Waals surface area contributed by atoms with Crippen LogP contribution in [-0.2, 0) is 12.0 Å². The molecule has 0 aliphatic rings. The number of rotatable bonds is 6. The van der Waals surface area contributed by atoms with Crippen LogP contribution in [0.2, 0.25) is 0 Å². The lowest BCUT2D eigenvalue weighted by molar-refractivity contribution is -0.257. The van der Waals surface area contributed by atoms with E-state index in [1.807, 2.05) is 24.3 Å². The Morgan fingerprint density at radius 1 is 1.19 bits per heavy atom. The molecular weight excluding hydrogens is 268 g/mol. The van der Waals surface area contributed by atoms with E-state index in [0.29, 0.717) is 5.76 Å². The van der Waals surface area contributed by atoms with Crippen molar-refractivity contribution in [3.63, 3.8) is 0 Å². The average Bonchev–Trinajstić information content (AvgIpc) is 2.95. The van der Waals surface area contributed by atoms with Gasteiger partial charge in [0, 0.05) is 0 Å². The molecule has 0 spiro atoms. The molecule has 0 amide bonds.